The summed E-state index contributed by atoms with van der Waals surface area (Å²) < 4.78 is 0. The van der Waals surface area contributed by atoms with Gasteiger partial charge in [0.1, 0.15) is 0 Å². The summed E-state index contributed by atoms with van der Waals surface area (Å²) in [5.41, 5.74) is 6.12. The molecule has 0 aromatic heterocycles. The predicted octanol–water partition coefficient (Wildman–Crippen LogP) is 2.09. The van der Waals surface area contributed by atoms with E-state index in [1.165, 1.54) is 25.9 Å². The van der Waals surface area contributed by atoms with Crippen LogP contribution >= 0.6 is 0 Å². The van der Waals surface area contributed by atoms with Crippen LogP contribution in [0.25, 0.3) is 0 Å². The summed E-state index contributed by atoms with van der Waals surface area (Å²) in [4.78, 5) is 2.57. The van der Waals surface area contributed by atoms with Crippen LogP contribution in [0, 0.1) is 11.8 Å². The third-order valence-electron chi connectivity index (χ3n) is 4.03. The fourth-order valence-corrected chi connectivity index (χ4v) is 2.31. The molecular formula is C12H26N2. The molecule has 0 spiro atoms. The normalized spacial score (nSPS) is 23.6. The van der Waals surface area contributed by atoms with E-state index in [0.29, 0.717) is 5.92 Å². The lowest BCUT2D eigenvalue weighted by molar-refractivity contribution is -0.0300. The topological polar surface area (TPSA) is 29.3 Å². The van der Waals surface area contributed by atoms with Gasteiger partial charge in [0.2, 0.25) is 0 Å². The molecule has 2 N–H and O–H groups in total. The molecule has 1 saturated heterocycles. The van der Waals surface area contributed by atoms with Gasteiger partial charge in [0.15, 0.2) is 0 Å². The summed E-state index contributed by atoms with van der Waals surface area (Å²) in [7, 11) is 0. The predicted molar refractivity (Wildman–Crippen MR) is 62.3 cm³/mol. The molecule has 1 aliphatic heterocycles. The molecule has 1 heterocycles. The van der Waals surface area contributed by atoms with Crippen molar-refractivity contribution >= 4 is 0 Å². The Bertz CT molecular complexity index is 173. The Kier molecular flexibility index (Phi) is 3.96. The van der Waals surface area contributed by atoms with Crippen LogP contribution in [0.1, 0.15) is 40.5 Å². The summed E-state index contributed by atoms with van der Waals surface area (Å²) in [6.45, 7) is 12.4. The van der Waals surface area contributed by atoms with Crippen LogP contribution in [-0.2, 0) is 0 Å². The second kappa shape index (κ2) is 4.63. The number of nitrogens with zero attached hydrogens (tertiary/aromatic N) is 1. The molecule has 0 bridgehead atoms. The van der Waals surface area contributed by atoms with E-state index in [1.807, 2.05) is 0 Å². The third kappa shape index (κ3) is 2.12. The maximum atomic E-state index is 5.90. The standard InChI is InChI=1S/C12H26N2/c1-5-6-11-7-14(8-11)12(4,9-13)10(2)3/h10-11H,5-9,13H2,1-4H3. The fraction of sp³-hybridized carbons (Fsp3) is 1.00. The highest BCUT2D eigenvalue weighted by molar-refractivity contribution is 4.96. The van der Waals surface area contributed by atoms with Gasteiger partial charge in [-0.2, -0.15) is 0 Å². The van der Waals surface area contributed by atoms with Crippen molar-refractivity contribution in [1.29, 1.82) is 0 Å². The summed E-state index contributed by atoms with van der Waals surface area (Å²) in [6.07, 6.45) is 2.70. The van der Waals surface area contributed by atoms with Gasteiger partial charge in [-0.15, -0.1) is 0 Å². The van der Waals surface area contributed by atoms with Crippen LogP contribution in [0.3, 0.4) is 0 Å². The average molecular weight is 198 g/mol. The molecule has 84 valence electrons. The van der Waals surface area contributed by atoms with Gasteiger partial charge in [-0.25, -0.2) is 0 Å². The van der Waals surface area contributed by atoms with Gasteiger partial charge in [-0.3, -0.25) is 4.90 Å². The molecule has 1 rings (SSSR count). The highest BCUT2D eigenvalue weighted by Gasteiger charge is 2.40. The molecule has 1 fully saturated rings. The molecule has 1 atom stereocenters. The van der Waals surface area contributed by atoms with E-state index >= 15 is 0 Å². The van der Waals surface area contributed by atoms with Crippen molar-refractivity contribution in [1.82, 2.24) is 4.90 Å². The summed E-state index contributed by atoms with van der Waals surface area (Å²) in [5.74, 6) is 1.58. The quantitative estimate of drug-likeness (QED) is 0.733. The van der Waals surface area contributed by atoms with E-state index < -0.39 is 0 Å². The Morgan fingerprint density at radius 1 is 1.43 bits per heavy atom. The highest BCUT2D eigenvalue weighted by Crippen LogP contribution is 2.32. The maximum absolute atomic E-state index is 5.90. The zero-order valence-electron chi connectivity index (χ0n) is 10.2. The largest absolute Gasteiger partial charge is 0.329 e. The van der Waals surface area contributed by atoms with E-state index in [4.69, 9.17) is 5.73 Å². The fourth-order valence-electron chi connectivity index (χ4n) is 2.31. The molecular weight excluding hydrogens is 172 g/mol. The molecule has 2 nitrogen and oxygen atoms in total. The van der Waals surface area contributed by atoms with Gasteiger partial charge >= 0.3 is 0 Å². The van der Waals surface area contributed by atoms with Crippen LogP contribution < -0.4 is 5.73 Å². The first kappa shape index (κ1) is 12.0. The Balaban J connectivity index is 2.43. The first-order valence-electron chi connectivity index (χ1n) is 5.99. The number of rotatable bonds is 5. The van der Waals surface area contributed by atoms with Gasteiger partial charge in [0, 0.05) is 25.2 Å². The van der Waals surface area contributed by atoms with Gasteiger partial charge in [0.05, 0.1) is 0 Å². The first-order chi connectivity index (χ1) is 6.54. The molecule has 0 radical (unpaired) electrons. The summed E-state index contributed by atoms with van der Waals surface area (Å²) in [6, 6.07) is 0. The van der Waals surface area contributed by atoms with Crippen molar-refractivity contribution in [3.63, 3.8) is 0 Å². The second-order valence-electron chi connectivity index (χ2n) is 5.28. The van der Waals surface area contributed by atoms with E-state index in [2.05, 4.69) is 32.6 Å². The minimum Gasteiger partial charge on any atom is -0.329 e. The van der Waals surface area contributed by atoms with Gasteiger partial charge in [-0.05, 0) is 25.2 Å². The monoisotopic (exact) mass is 198 g/mol. The van der Waals surface area contributed by atoms with Crippen LogP contribution in [0.2, 0.25) is 0 Å². The maximum Gasteiger partial charge on any atom is 0.0326 e. The zero-order chi connectivity index (χ0) is 10.8. The number of hydrogen-bond acceptors (Lipinski definition) is 2. The van der Waals surface area contributed by atoms with Crippen molar-refractivity contribution in [3.8, 4) is 0 Å². The molecule has 0 aromatic rings. The third-order valence-corrected chi connectivity index (χ3v) is 4.03. The Morgan fingerprint density at radius 3 is 2.36 bits per heavy atom. The van der Waals surface area contributed by atoms with Crippen molar-refractivity contribution < 1.29 is 0 Å². The molecule has 0 aromatic carbocycles. The van der Waals surface area contributed by atoms with Crippen molar-refractivity contribution in [3.05, 3.63) is 0 Å². The minimum absolute atomic E-state index is 0.226. The SMILES string of the molecule is CCCC1CN(C(C)(CN)C(C)C)C1. The molecule has 14 heavy (non-hydrogen) atoms. The van der Waals surface area contributed by atoms with Crippen LogP contribution in [-0.4, -0.2) is 30.1 Å². The molecule has 0 saturated carbocycles. The van der Waals surface area contributed by atoms with E-state index in [9.17, 15) is 0 Å². The molecule has 2 heteroatoms. The van der Waals surface area contributed by atoms with Gasteiger partial charge in [0.25, 0.3) is 0 Å². The van der Waals surface area contributed by atoms with Crippen molar-refractivity contribution in [2.45, 2.75) is 46.1 Å². The van der Waals surface area contributed by atoms with E-state index in [-0.39, 0.29) is 5.54 Å². The lowest BCUT2D eigenvalue weighted by atomic mass is 9.81. The van der Waals surface area contributed by atoms with Crippen LogP contribution in [0.4, 0.5) is 0 Å². The zero-order valence-corrected chi connectivity index (χ0v) is 10.2. The second-order valence-corrected chi connectivity index (χ2v) is 5.28. The van der Waals surface area contributed by atoms with Gasteiger partial charge < -0.3 is 5.73 Å². The summed E-state index contributed by atoms with van der Waals surface area (Å²) >= 11 is 0. The molecule has 0 amide bonds. The van der Waals surface area contributed by atoms with Crippen LogP contribution in [0.15, 0.2) is 0 Å². The summed E-state index contributed by atoms with van der Waals surface area (Å²) in [5, 5.41) is 0. The highest BCUT2D eigenvalue weighted by atomic mass is 15.3. The smallest absolute Gasteiger partial charge is 0.0326 e. The number of nitrogens with two attached hydrogens (primary N) is 1. The number of likely N-dealkylation sites (tertiary alicyclic amines) is 1. The number of hydrogen-bond donors (Lipinski definition) is 1. The van der Waals surface area contributed by atoms with Gasteiger partial charge in [-0.1, -0.05) is 27.2 Å². The minimum atomic E-state index is 0.226. The lowest BCUT2D eigenvalue weighted by Gasteiger charge is -2.52. The van der Waals surface area contributed by atoms with E-state index in [1.54, 1.807) is 0 Å². The Morgan fingerprint density at radius 2 is 2.00 bits per heavy atom. The lowest BCUT2D eigenvalue weighted by Crippen LogP contribution is -2.63. The Labute approximate surface area is 88.8 Å². The van der Waals surface area contributed by atoms with Crippen molar-refractivity contribution in [2.75, 3.05) is 19.6 Å². The Hall–Kier alpha value is -0.0800. The molecule has 1 aliphatic rings. The van der Waals surface area contributed by atoms with Crippen molar-refractivity contribution in [2.24, 2.45) is 17.6 Å². The first-order valence-corrected chi connectivity index (χ1v) is 5.99. The molecule has 0 aliphatic carbocycles. The van der Waals surface area contributed by atoms with E-state index in [0.717, 1.165) is 12.5 Å². The molecule has 1 unspecified atom stereocenters. The van der Waals surface area contributed by atoms with Crippen LogP contribution in [0.5, 0.6) is 0 Å². The average Bonchev–Trinajstić information content (AvgIpc) is 2.09.